The number of hydrogen-bond acceptors (Lipinski definition) is 5. The van der Waals surface area contributed by atoms with Gasteiger partial charge in [0.05, 0.1) is 18.4 Å². The van der Waals surface area contributed by atoms with E-state index in [1.54, 1.807) is 12.4 Å². The molecular weight excluding hydrogens is 302 g/mol. The van der Waals surface area contributed by atoms with E-state index < -0.39 is 10.0 Å². The van der Waals surface area contributed by atoms with Crippen molar-refractivity contribution in [2.45, 2.75) is 31.5 Å². The van der Waals surface area contributed by atoms with Crippen LogP contribution in [0.4, 0.5) is 0 Å². The smallest absolute Gasteiger partial charge is 0.209 e. The van der Waals surface area contributed by atoms with Crippen molar-refractivity contribution >= 4 is 10.0 Å². The molecule has 3 heterocycles. The summed E-state index contributed by atoms with van der Waals surface area (Å²) < 4.78 is 31.9. The average molecular weight is 325 g/mol. The van der Waals surface area contributed by atoms with Crippen molar-refractivity contribution in [3.63, 3.8) is 0 Å². The summed E-state index contributed by atoms with van der Waals surface area (Å²) in [5.41, 5.74) is 1.20. The Hall–Kier alpha value is -1.02. The Morgan fingerprint density at radius 1 is 1.36 bits per heavy atom. The molecule has 2 fully saturated rings. The van der Waals surface area contributed by atoms with Crippen LogP contribution in [0.2, 0.25) is 0 Å². The maximum Gasteiger partial charge on any atom is 0.209 e. The molecule has 0 saturated carbocycles. The third-order valence-corrected chi connectivity index (χ3v) is 5.09. The fourth-order valence-electron chi connectivity index (χ4n) is 3.55. The molecule has 0 aromatic carbocycles. The molecule has 2 aliphatic rings. The number of nitrogens with zero attached hydrogens (tertiary/aromatic N) is 2. The monoisotopic (exact) mass is 325 g/mol. The van der Waals surface area contributed by atoms with Crippen LogP contribution in [0.25, 0.3) is 0 Å². The number of hydrogen-bond donors (Lipinski definition) is 1. The molecule has 1 aromatic heterocycles. The third kappa shape index (κ3) is 4.04. The van der Waals surface area contributed by atoms with Gasteiger partial charge in [-0.3, -0.25) is 9.88 Å². The maximum atomic E-state index is 11.6. The highest BCUT2D eigenvalue weighted by atomic mass is 32.2. The SMILES string of the molecule is CS(=O)(=O)N[C@@H]1CN(Cc2ccncc2)C[C@@H]2CCCO[C@@H]21. The van der Waals surface area contributed by atoms with Crippen molar-refractivity contribution in [3.8, 4) is 0 Å². The standard InChI is InChI=1S/C15H23N3O3S/c1-22(19,20)17-14-11-18(9-12-4-6-16-7-5-12)10-13-3-2-8-21-15(13)14/h4-7,13-15,17H,2-3,8-11H2,1H3/t13-,14+,15-/m0/s1. The van der Waals surface area contributed by atoms with Crippen LogP contribution < -0.4 is 4.72 Å². The van der Waals surface area contributed by atoms with E-state index in [2.05, 4.69) is 14.6 Å². The lowest BCUT2D eigenvalue weighted by Gasteiger charge is -2.45. The van der Waals surface area contributed by atoms with Crippen LogP contribution in [0.5, 0.6) is 0 Å². The highest BCUT2D eigenvalue weighted by Gasteiger charge is 2.40. The van der Waals surface area contributed by atoms with Crippen LogP contribution in [-0.2, 0) is 21.3 Å². The lowest BCUT2D eigenvalue weighted by atomic mass is 9.85. The molecule has 0 unspecified atom stereocenters. The van der Waals surface area contributed by atoms with Gasteiger partial charge in [-0.05, 0) is 36.5 Å². The predicted octanol–water partition coefficient (Wildman–Crippen LogP) is 0.610. The van der Waals surface area contributed by atoms with E-state index in [-0.39, 0.29) is 12.1 Å². The minimum atomic E-state index is -3.24. The van der Waals surface area contributed by atoms with E-state index in [4.69, 9.17) is 4.74 Å². The van der Waals surface area contributed by atoms with Crippen LogP contribution in [0.15, 0.2) is 24.5 Å². The summed E-state index contributed by atoms with van der Waals surface area (Å²) in [6.07, 6.45) is 6.94. The minimum Gasteiger partial charge on any atom is -0.376 e. The first-order chi connectivity index (χ1) is 10.5. The zero-order chi connectivity index (χ0) is 15.6. The highest BCUT2D eigenvalue weighted by molar-refractivity contribution is 7.88. The van der Waals surface area contributed by atoms with Gasteiger partial charge < -0.3 is 4.74 Å². The molecule has 22 heavy (non-hydrogen) atoms. The number of ether oxygens (including phenoxy) is 1. The second-order valence-electron chi connectivity index (χ2n) is 6.28. The first kappa shape index (κ1) is 15.9. The van der Waals surface area contributed by atoms with Gasteiger partial charge in [0.15, 0.2) is 0 Å². The van der Waals surface area contributed by atoms with Crippen LogP contribution >= 0.6 is 0 Å². The van der Waals surface area contributed by atoms with Crippen molar-refractivity contribution < 1.29 is 13.2 Å². The quantitative estimate of drug-likeness (QED) is 0.878. The lowest BCUT2D eigenvalue weighted by molar-refractivity contribution is -0.0823. The number of likely N-dealkylation sites (tertiary alicyclic amines) is 1. The van der Waals surface area contributed by atoms with Crippen molar-refractivity contribution in [1.29, 1.82) is 0 Å². The first-order valence-corrected chi connectivity index (χ1v) is 9.60. The van der Waals surface area contributed by atoms with E-state index >= 15 is 0 Å². The van der Waals surface area contributed by atoms with E-state index in [9.17, 15) is 8.42 Å². The van der Waals surface area contributed by atoms with Gasteiger partial charge in [0.2, 0.25) is 10.0 Å². The summed E-state index contributed by atoms with van der Waals surface area (Å²) in [7, 11) is -3.24. The Kier molecular flexibility index (Phi) is 4.77. The molecule has 3 atom stereocenters. The molecule has 7 heteroatoms. The summed E-state index contributed by atoms with van der Waals surface area (Å²) >= 11 is 0. The second-order valence-corrected chi connectivity index (χ2v) is 8.06. The topological polar surface area (TPSA) is 71.5 Å². The summed E-state index contributed by atoms with van der Waals surface area (Å²) in [6, 6.07) is 3.83. The minimum absolute atomic E-state index is 0.00262. The first-order valence-electron chi connectivity index (χ1n) is 7.71. The fraction of sp³-hybridized carbons (Fsp3) is 0.667. The molecule has 2 aliphatic heterocycles. The molecule has 0 spiro atoms. The van der Waals surface area contributed by atoms with Crippen molar-refractivity contribution in [1.82, 2.24) is 14.6 Å². The summed E-state index contributed by atoms with van der Waals surface area (Å²) in [5, 5.41) is 0. The number of fused-ring (bicyclic) bond motifs is 1. The molecule has 0 amide bonds. The fourth-order valence-corrected chi connectivity index (χ4v) is 4.31. The van der Waals surface area contributed by atoms with Gasteiger partial charge in [-0.1, -0.05) is 0 Å². The van der Waals surface area contributed by atoms with Gasteiger partial charge in [-0.25, -0.2) is 13.1 Å². The number of rotatable bonds is 4. The third-order valence-electron chi connectivity index (χ3n) is 4.36. The van der Waals surface area contributed by atoms with E-state index in [0.29, 0.717) is 12.5 Å². The number of nitrogens with one attached hydrogen (secondary N) is 1. The van der Waals surface area contributed by atoms with Gasteiger partial charge in [-0.15, -0.1) is 0 Å². The van der Waals surface area contributed by atoms with E-state index in [1.807, 2.05) is 12.1 Å². The molecular formula is C15H23N3O3S. The van der Waals surface area contributed by atoms with Gasteiger partial charge in [0.1, 0.15) is 0 Å². The normalized spacial score (nSPS) is 30.0. The van der Waals surface area contributed by atoms with Crippen molar-refractivity contribution in [2.75, 3.05) is 26.0 Å². The molecule has 1 N–H and O–H groups in total. The summed E-state index contributed by atoms with van der Waals surface area (Å²) in [5.74, 6) is 0.392. The number of pyridine rings is 1. The zero-order valence-electron chi connectivity index (χ0n) is 12.8. The number of piperidine rings is 1. The Morgan fingerprint density at radius 2 is 2.14 bits per heavy atom. The number of sulfonamides is 1. The Bertz CT molecular complexity index is 593. The van der Waals surface area contributed by atoms with Crippen LogP contribution in [0.1, 0.15) is 18.4 Å². The van der Waals surface area contributed by atoms with Crippen LogP contribution in [0.3, 0.4) is 0 Å². The Labute approximate surface area is 131 Å². The largest absolute Gasteiger partial charge is 0.376 e. The molecule has 6 nitrogen and oxygen atoms in total. The maximum absolute atomic E-state index is 11.6. The molecule has 3 rings (SSSR count). The summed E-state index contributed by atoms with van der Waals surface area (Å²) in [4.78, 5) is 6.35. The average Bonchev–Trinajstić information content (AvgIpc) is 2.47. The van der Waals surface area contributed by atoms with Gasteiger partial charge in [0.25, 0.3) is 0 Å². The molecule has 0 aliphatic carbocycles. The van der Waals surface area contributed by atoms with Gasteiger partial charge >= 0.3 is 0 Å². The van der Waals surface area contributed by atoms with Crippen LogP contribution in [-0.4, -0.2) is 56.4 Å². The summed E-state index contributed by atoms with van der Waals surface area (Å²) in [6.45, 7) is 3.17. The van der Waals surface area contributed by atoms with E-state index in [0.717, 1.165) is 32.5 Å². The Morgan fingerprint density at radius 3 is 2.86 bits per heavy atom. The molecule has 2 saturated heterocycles. The van der Waals surface area contributed by atoms with Crippen molar-refractivity contribution in [2.24, 2.45) is 5.92 Å². The predicted molar refractivity (Wildman–Crippen MR) is 83.7 cm³/mol. The van der Waals surface area contributed by atoms with Gasteiger partial charge in [-0.2, -0.15) is 0 Å². The Balaban J connectivity index is 1.73. The number of aromatic nitrogens is 1. The van der Waals surface area contributed by atoms with Gasteiger partial charge in [0, 0.05) is 38.6 Å². The molecule has 0 radical (unpaired) electrons. The lowest BCUT2D eigenvalue weighted by Crippen LogP contribution is -2.60. The molecule has 122 valence electrons. The molecule has 1 aromatic rings. The zero-order valence-corrected chi connectivity index (χ0v) is 13.6. The second kappa shape index (κ2) is 6.62. The van der Waals surface area contributed by atoms with E-state index in [1.165, 1.54) is 11.8 Å². The molecule has 0 bridgehead atoms. The highest BCUT2D eigenvalue weighted by Crippen LogP contribution is 2.29. The van der Waals surface area contributed by atoms with Crippen LogP contribution in [0, 0.1) is 5.92 Å². The van der Waals surface area contributed by atoms with Crippen molar-refractivity contribution in [3.05, 3.63) is 30.1 Å².